The predicted octanol–water partition coefficient (Wildman–Crippen LogP) is 2.87. The molecule has 4 rings (SSSR count). The van der Waals surface area contributed by atoms with Gasteiger partial charge in [0.2, 0.25) is 0 Å². The molecule has 2 aromatic rings. The third-order valence-corrected chi connectivity index (χ3v) is 7.90. The van der Waals surface area contributed by atoms with Crippen LogP contribution in [0.15, 0.2) is 60.7 Å². The minimum atomic E-state index is -4.24. The van der Waals surface area contributed by atoms with Crippen LogP contribution >= 0.6 is 18.0 Å². The minimum absolute atomic E-state index is 0.396. The normalized spacial score (nSPS) is 27.5. The van der Waals surface area contributed by atoms with Crippen molar-refractivity contribution in [3.8, 4) is 0 Å². The molecule has 2 atom stereocenters. The molecule has 2 saturated heterocycles. The quantitative estimate of drug-likeness (QED) is 0.779. The zero-order chi connectivity index (χ0) is 18.2. The van der Waals surface area contributed by atoms with Crippen LogP contribution in [-0.2, 0) is 31.5 Å². The van der Waals surface area contributed by atoms with Crippen LogP contribution in [-0.4, -0.2) is 24.0 Å². The van der Waals surface area contributed by atoms with Crippen LogP contribution in [0, 0.1) is 0 Å². The van der Waals surface area contributed by atoms with Gasteiger partial charge in [-0.25, -0.2) is 0 Å². The summed E-state index contributed by atoms with van der Waals surface area (Å²) in [6.45, 7) is -4.24. The Kier molecular flexibility index (Phi) is 4.24. The number of rotatable bonds is 4. The zero-order valence-corrected chi connectivity index (χ0v) is 15.5. The van der Waals surface area contributed by atoms with Crippen LogP contribution in [0.3, 0.4) is 0 Å². The van der Waals surface area contributed by atoms with Crippen molar-refractivity contribution in [2.45, 2.75) is 24.9 Å². The van der Waals surface area contributed by atoms with Gasteiger partial charge in [0, 0.05) is 0 Å². The van der Waals surface area contributed by atoms with Crippen molar-refractivity contribution >= 4 is 29.9 Å². The van der Waals surface area contributed by atoms with Crippen molar-refractivity contribution in [2.24, 2.45) is 0 Å². The first-order valence-electron chi connectivity index (χ1n) is 8.30. The molecule has 2 heterocycles. The van der Waals surface area contributed by atoms with Gasteiger partial charge in [-0.05, 0) is 0 Å². The van der Waals surface area contributed by atoms with Gasteiger partial charge in [0.1, 0.15) is 0 Å². The van der Waals surface area contributed by atoms with Crippen molar-refractivity contribution in [1.82, 2.24) is 10.2 Å². The fourth-order valence-corrected chi connectivity index (χ4v) is 6.99. The van der Waals surface area contributed by atoms with E-state index in [-0.39, 0.29) is 0 Å². The third kappa shape index (κ3) is 3.33. The molecule has 1 spiro atoms. The Labute approximate surface area is 155 Å². The predicted molar refractivity (Wildman–Crippen MR) is 99.1 cm³/mol. The summed E-state index contributed by atoms with van der Waals surface area (Å²) < 4.78 is 10.8. The molecule has 0 saturated carbocycles. The van der Waals surface area contributed by atoms with Gasteiger partial charge in [-0.3, -0.25) is 0 Å². The summed E-state index contributed by atoms with van der Waals surface area (Å²) in [7, 11) is 0. The van der Waals surface area contributed by atoms with Gasteiger partial charge in [-0.2, -0.15) is 0 Å². The summed E-state index contributed by atoms with van der Waals surface area (Å²) in [5, 5.41) is 5.91. The number of halogens is 1. The van der Waals surface area contributed by atoms with Gasteiger partial charge < -0.3 is 0 Å². The fraction of sp³-hybridized carbons (Fsp3) is 0.222. The maximum atomic E-state index is 12.3. The van der Waals surface area contributed by atoms with E-state index in [9.17, 15) is 9.59 Å². The number of benzene rings is 2. The second kappa shape index (κ2) is 6.32. The van der Waals surface area contributed by atoms with Gasteiger partial charge >= 0.3 is 155 Å². The monoisotopic (exact) mass is 392 g/mol. The first-order valence-corrected chi connectivity index (χ1v) is 11.3. The van der Waals surface area contributed by atoms with E-state index >= 15 is 0 Å². The van der Waals surface area contributed by atoms with E-state index in [1.165, 1.54) is 0 Å². The molecule has 0 aliphatic carbocycles. The summed E-state index contributed by atoms with van der Waals surface area (Å²) in [4.78, 5) is 24.7. The standard InChI is InChI=1S/C18H18ClN2O4P/c19-26(20-15(17(22)24-26)11-13-7-3-1-4-8-13)21-16(18(23)25-26)12-14-9-5-2-6-10-14/h1-10,15-16,20-21H,11-12H2/t15-,16-/m0/s1. The van der Waals surface area contributed by atoms with Gasteiger partial charge in [-0.15, -0.1) is 0 Å². The zero-order valence-electron chi connectivity index (χ0n) is 13.8. The van der Waals surface area contributed by atoms with E-state index in [0.717, 1.165) is 11.1 Å². The van der Waals surface area contributed by atoms with Crippen LogP contribution in [0.5, 0.6) is 0 Å². The first-order chi connectivity index (χ1) is 12.4. The molecule has 2 fully saturated rings. The second-order valence-corrected chi connectivity index (χ2v) is 10.9. The average Bonchev–Trinajstić information content (AvgIpc) is 3.01. The average molecular weight is 393 g/mol. The van der Waals surface area contributed by atoms with Gasteiger partial charge in [0.15, 0.2) is 0 Å². The third-order valence-electron chi connectivity index (χ3n) is 4.39. The van der Waals surface area contributed by atoms with E-state index in [0.29, 0.717) is 12.8 Å². The van der Waals surface area contributed by atoms with E-state index in [1.807, 2.05) is 60.7 Å². The molecule has 0 aromatic heterocycles. The molecular weight excluding hydrogens is 375 g/mol. The number of carbonyl (C=O) groups excluding carboxylic acids is 2. The molecule has 0 amide bonds. The van der Waals surface area contributed by atoms with E-state index in [1.54, 1.807) is 0 Å². The summed E-state index contributed by atoms with van der Waals surface area (Å²) in [6.07, 6.45) is 0.791. The van der Waals surface area contributed by atoms with Crippen molar-refractivity contribution < 1.29 is 18.6 Å². The molecule has 8 heteroatoms. The Hall–Kier alpha value is -1.98. The Morgan fingerprint density at radius 1 is 0.769 bits per heavy atom. The molecule has 0 radical (unpaired) electrons. The molecule has 6 nitrogen and oxygen atoms in total. The summed E-state index contributed by atoms with van der Waals surface area (Å²) in [6, 6.07) is 17.7. The first kappa shape index (κ1) is 17.4. The Morgan fingerprint density at radius 2 is 1.15 bits per heavy atom. The van der Waals surface area contributed by atoms with Crippen LogP contribution in [0.1, 0.15) is 11.1 Å². The number of nitrogens with one attached hydrogen (secondary N) is 2. The summed E-state index contributed by atoms with van der Waals surface area (Å²) >= 11 is 6.59. The van der Waals surface area contributed by atoms with Gasteiger partial charge in [-0.1, -0.05) is 0 Å². The second-order valence-electron chi connectivity index (χ2n) is 6.42. The van der Waals surface area contributed by atoms with Crippen LogP contribution in [0.25, 0.3) is 0 Å². The molecule has 26 heavy (non-hydrogen) atoms. The fourth-order valence-electron chi connectivity index (χ4n) is 3.20. The van der Waals surface area contributed by atoms with Crippen molar-refractivity contribution in [3.05, 3.63) is 71.8 Å². The van der Waals surface area contributed by atoms with Crippen molar-refractivity contribution in [3.63, 3.8) is 0 Å². The van der Waals surface area contributed by atoms with Crippen molar-refractivity contribution in [1.29, 1.82) is 0 Å². The molecule has 136 valence electrons. The van der Waals surface area contributed by atoms with E-state index < -0.39 is 30.7 Å². The molecule has 2 aromatic carbocycles. The Balaban J connectivity index is 1.51. The molecule has 0 unspecified atom stereocenters. The molecule has 2 aliphatic heterocycles. The van der Waals surface area contributed by atoms with Crippen LogP contribution in [0.2, 0.25) is 0 Å². The Morgan fingerprint density at radius 3 is 1.54 bits per heavy atom. The maximum absolute atomic E-state index is 12.3. The summed E-state index contributed by atoms with van der Waals surface area (Å²) in [5.74, 6) is -1.05. The topological polar surface area (TPSA) is 76.7 Å². The SMILES string of the molecule is O=C1OP2(Cl)(N[C@H]1Cc1ccccc1)N[C@@H](Cc1ccccc1)C(=O)O2. The van der Waals surface area contributed by atoms with Gasteiger partial charge in [0.05, 0.1) is 0 Å². The molecule has 0 bridgehead atoms. The number of hydrogen-bond donors (Lipinski definition) is 2. The molecule has 2 N–H and O–H groups in total. The van der Waals surface area contributed by atoms with Crippen molar-refractivity contribution in [2.75, 3.05) is 0 Å². The molecular formula is C18H18ClN2O4P. The number of hydrogen-bond acceptors (Lipinski definition) is 6. The number of carbonyl (C=O) groups is 2. The molecule has 2 aliphatic rings. The van der Waals surface area contributed by atoms with Crippen LogP contribution in [0.4, 0.5) is 0 Å². The van der Waals surface area contributed by atoms with E-state index in [4.69, 9.17) is 20.3 Å². The summed E-state index contributed by atoms with van der Waals surface area (Å²) in [5.41, 5.74) is 1.91. The Bertz CT molecular complexity index is 779. The van der Waals surface area contributed by atoms with Crippen LogP contribution < -0.4 is 10.2 Å². The van der Waals surface area contributed by atoms with Gasteiger partial charge in [0.25, 0.3) is 0 Å². The van der Waals surface area contributed by atoms with E-state index in [2.05, 4.69) is 10.2 Å².